The minimum atomic E-state index is -4.40. The molecule has 1 atom stereocenters. The summed E-state index contributed by atoms with van der Waals surface area (Å²) in [5.41, 5.74) is 2.63. The molecular weight excluding hydrogens is 449 g/mol. The number of carbonyl (C=O) groups is 3. The van der Waals surface area contributed by atoms with Gasteiger partial charge in [-0.2, -0.15) is 18.3 Å². The number of halogens is 3. The fourth-order valence-corrected chi connectivity index (χ4v) is 4.43. The minimum absolute atomic E-state index is 0.118. The van der Waals surface area contributed by atoms with E-state index in [0.717, 1.165) is 0 Å². The van der Waals surface area contributed by atoms with E-state index in [1.54, 1.807) is 42.5 Å². The highest BCUT2D eigenvalue weighted by Gasteiger charge is 2.39. The first kappa shape index (κ1) is 21.9. The lowest BCUT2D eigenvalue weighted by molar-refractivity contribution is -0.137. The van der Waals surface area contributed by atoms with Crippen LogP contribution in [0.5, 0.6) is 0 Å². The van der Waals surface area contributed by atoms with Crippen molar-refractivity contribution in [1.82, 2.24) is 20.0 Å². The van der Waals surface area contributed by atoms with E-state index in [-0.39, 0.29) is 36.9 Å². The third-order valence-electron chi connectivity index (χ3n) is 5.96. The average molecular weight is 468 g/mol. The van der Waals surface area contributed by atoms with Crippen molar-refractivity contribution in [1.29, 1.82) is 0 Å². The van der Waals surface area contributed by atoms with Gasteiger partial charge in [0.25, 0.3) is 5.91 Å². The van der Waals surface area contributed by atoms with Gasteiger partial charge in [0, 0.05) is 24.1 Å². The number of alkyl halides is 3. The van der Waals surface area contributed by atoms with Crippen molar-refractivity contribution in [3.63, 3.8) is 0 Å². The van der Waals surface area contributed by atoms with Crippen LogP contribution in [0.4, 0.5) is 13.2 Å². The largest absolute Gasteiger partial charge is 0.394 e. The molecular formula is C24H19F3N4O3. The number of fused-ring (bicyclic) bond motifs is 1. The molecule has 5 rings (SSSR count). The Balaban J connectivity index is 1.50. The fourth-order valence-electron chi connectivity index (χ4n) is 4.43. The Bertz CT molecular complexity index is 1300. The van der Waals surface area contributed by atoms with E-state index in [0.29, 0.717) is 28.1 Å². The second-order valence-corrected chi connectivity index (χ2v) is 8.33. The molecule has 174 valence electrons. The molecule has 1 saturated heterocycles. The van der Waals surface area contributed by atoms with Gasteiger partial charge in [0.05, 0.1) is 23.5 Å². The molecule has 3 amide bonds. The highest BCUT2D eigenvalue weighted by Crippen LogP contribution is 2.32. The van der Waals surface area contributed by atoms with Crippen molar-refractivity contribution in [3.05, 3.63) is 71.4 Å². The minimum Gasteiger partial charge on any atom is -0.322 e. The van der Waals surface area contributed by atoms with E-state index in [1.165, 1.54) is 15.6 Å². The summed E-state index contributed by atoms with van der Waals surface area (Å²) < 4.78 is 40.6. The summed E-state index contributed by atoms with van der Waals surface area (Å²) in [6.07, 6.45) is -5.17. The number of carbonyl (C=O) groups excluding carboxylic acids is 3. The van der Waals surface area contributed by atoms with E-state index in [9.17, 15) is 27.6 Å². The van der Waals surface area contributed by atoms with Crippen LogP contribution in [0.1, 0.15) is 34.5 Å². The highest BCUT2D eigenvalue weighted by molar-refractivity contribution is 6.05. The second kappa shape index (κ2) is 8.12. The van der Waals surface area contributed by atoms with Crippen LogP contribution in [-0.4, -0.2) is 44.6 Å². The quantitative estimate of drug-likeness (QED) is 0.595. The second-order valence-electron chi connectivity index (χ2n) is 8.33. The van der Waals surface area contributed by atoms with Gasteiger partial charge in [-0.1, -0.05) is 30.3 Å². The van der Waals surface area contributed by atoms with Crippen LogP contribution in [0.25, 0.3) is 16.9 Å². The zero-order valence-electron chi connectivity index (χ0n) is 17.8. The van der Waals surface area contributed by atoms with Gasteiger partial charge in [-0.3, -0.25) is 19.7 Å². The van der Waals surface area contributed by atoms with Crippen LogP contribution in [0, 0.1) is 0 Å². The number of imide groups is 1. The molecule has 1 aromatic heterocycles. The normalized spacial score (nSPS) is 18.3. The summed E-state index contributed by atoms with van der Waals surface area (Å²) in [6, 6.07) is 14.5. The van der Waals surface area contributed by atoms with Crippen LogP contribution in [0.2, 0.25) is 0 Å². The third kappa shape index (κ3) is 4.07. The Morgan fingerprint density at radius 2 is 1.79 bits per heavy atom. The number of nitrogens with zero attached hydrogens (tertiary/aromatic N) is 3. The van der Waals surface area contributed by atoms with Crippen molar-refractivity contribution in [2.24, 2.45) is 0 Å². The van der Waals surface area contributed by atoms with Crippen LogP contribution >= 0.6 is 0 Å². The number of rotatable bonds is 4. The zero-order valence-corrected chi connectivity index (χ0v) is 17.8. The molecule has 3 aromatic rings. The van der Waals surface area contributed by atoms with Crippen LogP contribution < -0.4 is 5.32 Å². The van der Waals surface area contributed by atoms with Gasteiger partial charge in [0.15, 0.2) is 0 Å². The predicted octanol–water partition coefficient (Wildman–Crippen LogP) is 3.41. The monoisotopic (exact) mass is 468 g/mol. The summed E-state index contributed by atoms with van der Waals surface area (Å²) in [5, 5.41) is 6.47. The number of benzene rings is 2. The Morgan fingerprint density at radius 3 is 2.50 bits per heavy atom. The molecule has 2 aliphatic heterocycles. The van der Waals surface area contributed by atoms with Crippen molar-refractivity contribution in [3.8, 4) is 16.9 Å². The standard InChI is InChI=1S/C24H19F3N4O3/c25-24(26,27)12-16-11-20(14-4-2-1-3-5-14)31(29-16)17-6-7-18-15(10-17)13-30(23(18)34)19-8-9-21(32)28-22(19)33/h1-7,10-11,19H,8-9,12-13H2,(H,28,32,33). The van der Waals surface area contributed by atoms with Gasteiger partial charge in [0.1, 0.15) is 6.04 Å². The Hall–Kier alpha value is -3.95. The van der Waals surface area contributed by atoms with Gasteiger partial charge >= 0.3 is 6.18 Å². The number of aromatic nitrogens is 2. The Kier molecular flexibility index (Phi) is 5.22. The molecule has 1 unspecified atom stereocenters. The number of hydrogen-bond donors (Lipinski definition) is 1. The maximum Gasteiger partial charge on any atom is 0.394 e. The van der Waals surface area contributed by atoms with Crippen LogP contribution in [-0.2, 0) is 22.6 Å². The van der Waals surface area contributed by atoms with Crippen molar-refractivity contribution >= 4 is 17.7 Å². The summed E-state index contributed by atoms with van der Waals surface area (Å²) in [7, 11) is 0. The lowest BCUT2D eigenvalue weighted by Crippen LogP contribution is -2.52. The average Bonchev–Trinajstić information content (AvgIpc) is 3.34. The van der Waals surface area contributed by atoms with E-state index in [1.807, 2.05) is 6.07 Å². The maximum absolute atomic E-state index is 13.0. The first-order chi connectivity index (χ1) is 16.2. The summed E-state index contributed by atoms with van der Waals surface area (Å²) in [4.78, 5) is 38.1. The van der Waals surface area contributed by atoms with Crippen molar-refractivity contribution in [2.45, 2.75) is 38.0 Å². The fraction of sp³-hybridized carbons (Fsp3) is 0.250. The lowest BCUT2D eigenvalue weighted by Gasteiger charge is -2.29. The van der Waals surface area contributed by atoms with Gasteiger partial charge in [-0.05, 0) is 36.2 Å². The number of hydrogen-bond acceptors (Lipinski definition) is 4. The smallest absolute Gasteiger partial charge is 0.322 e. The van der Waals surface area contributed by atoms with Crippen LogP contribution in [0.3, 0.4) is 0 Å². The van der Waals surface area contributed by atoms with E-state index >= 15 is 0 Å². The summed E-state index contributed by atoms with van der Waals surface area (Å²) >= 11 is 0. The van der Waals surface area contributed by atoms with Gasteiger partial charge in [-0.25, -0.2) is 4.68 Å². The number of amides is 3. The number of nitrogens with one attached hydrogen (secondary N) is 1. The van der Waals surface area contributed by atoms with E-state index in [4.69, 9.17) is 0 Å². The molecule has 1 fully saturated rings. The zero-order chi connectivity index (χ0) is 24.0. The SMILES string of the molecule is O=C1CCC(N2Cc3cc(-n4nc(CC(F)(F)F)cc4-c4ccccc4)ccc3C2=O)C(=O)N1. The molecule has 0 aliphatic carbocycles. The summed E-state index contributed by atoms with van der Waals surface area (Å²) in [5.74, 6) is -1.19. The first-order valence-electron chi connectivity index (χ1n) is 10.7. The Labute approximate surface area is 192 Å². The summed E-state index contributed by atoms with van der Waals surface area (Å²) in [6.45, 7) is 0.158. The highest BCUT2D eigenvalue weighted by atomic mass is 19.4. The van der Waals surface area contributed by atoms with Gasteiger partial charge < -0.3 is 4.90 Å². The number of piperidine rings is 1. The van der Waals surface area contributed by atoms with Gasteiger partial charge in [-0.15, -0.1) is 0 Å². The first-order valence-corrected chi connectivity index (χ1v) is 10.7. The van der Waals surface area contributed by atoms with E-state index in [2.05, 4.69) is 10.4 Å². The topological polar surface area (TPSA) is 84.3 Å². The third-order valence-corrected chi connectivity index (χ3v) is 5.96. The predicted molar refractivity (Wildman–Crippen MR) is 115 cm³/mol. The molecule has 2 aromatic carbocycles. The molecule has 0 saturated carbocycles. The molecule has 0 bridgehead atoms. The van der Waals surface area contributed by atoms with Gasteiger partial charge in [0.2, 0.25) is 11.8 Å². The molecule has 0 spiro atoms. The molecule has 10 heteroatoms. The van der Waals surface area contributed by atoms with Crippen molar-refractivity contribution in [2.75, 3.05) is 0 Å². The van der Waals surface area contributed by atoms with Crippen LogP contribution in [0.15, 0.2) is 54.6 Å². The molecule has 34 heavy (non-hydrogen) atoms. The lowest BCUT2D eigenvalue weighted by atomic mass is 10.0. The van der Waals surface area contributed by atoms with Crippen molar-refractivity contribution < 1.29 is 27.6 Å². The molecule has 2 aliphatic rings. The maximum atomic E-state index is 13.0. The molecule has 0 radical (unpaired) electrons. The Morgan fingerprint density at radius 1 is 1.03 bits per heavy atom. The molecule has 7 nitrogen and oxygen atoms in total. The molecule has 3 heterocycles. The van der Waals surface area contributed by atoms with E-state index < -0.39 is 24.5 Å². The molecule has 1 N–H and O–H groups in total.